The van der Waals surface area contributed by atoms with Crippen molar-refractivity contribution in [2.75, 3.05) is 13.1 Å². The van der Waals surface area contributed by atoms with E-state index in [0.29, 0.717) is 24.6 Å². The number of rotatable bonds is 1. The number of hydrogen-bond acceptors (Lipinski definition) is 4. The van der Waals surface area contributed by atoms with Gasteiger partial charge in [0.2, 0.25) is 0 Å². The summed E-state index contributed by atoms with van der Waals surface area (Å²) in [7, 11) is 0. The van der Waals surface area contributed by atoms with Crippen LogP contribution in [-0.2, 0) is 0 Å². The molecule has 0 aromatic carbocycles. The van der Waals surface area contributed by atoms with Gasteiger partial charge in [0.1, 0.15) is 11.5 Å². The Bertz CT molecular complexity index is 529. The highest BCUT2D eigenvalue weighted by Crippen LogP contribution is 2.29. The van der Waals surface area contributed by atoms with Crippen LogP contribution in [0, 0.1) is 30.6 Å². The highest BCUT2D eigenvalue weighted by Gasteiger charge is 2.33. The summed E-state index contributed by atoms with van der Waals surface area (Å²) in [6.07, 6.45) is 1.70. The van der Waals surface area contributed by atoms with Crippen molar-refractivity contribution in [3.8, 4) is 6.07 Å². The van der Waals surface area contributed by atoms with Gasteiger partial charge in [0.05, 0.1) is 11.5 Å². The minimum atomic E-state index is -0.439. The van der Waals surface area contributed by atoms with Gasteiger partial charge in [0.15, 0.2) is 0 Å². The second-order valence-electron chi connectivity index (χ2n) is 5.44. The first-order chi connectivity index (χ1) is 8.93. The van der Waals surface area contributed by atoms with Crippen molar-refractivity contribution >= 4 is 5.91 Å². The van der Waals surface area contributed by atoms with Crippen LogP contribution in [0.2, 0.25) is 0 Å². The van der Waals surface area contributed by atoms with Gasteiger partial charge >= 0.3 is 0 Å². The van der Waals surface area contributed by atoms with Gasteiger partial charge in [0, 0.05) is 18.8 Å². The molecule has 1 amide bonds. The average Bonchev–Trinajstić information content (AvgIpc) is 2.37. The molecule has 1 unspecified atom stereocenters. The molecule has 1 aliphatic rings. The molecular formula is C14H18N4O. The monoisotopic (exact) mass is 258 g/mol. The summed E-state index contributed by atoms with van der Waals surface area (Å²) in [4.78, 5) is 22.5. The summed E-state index contributed by atoms with van der Waals surface area (Å²) in [6.45, 7) is 6.70. The van der Waals surface area contributed by atoms with E-state index >= 15 is 0 Å². The molecule has 2 heterocycles. The molecule has 1 aromatic heterocycles. The molecular weight excluding hydrogens is 240 g/mol. The van der Waals surface area contributed by atoms with E-state index in [4.69, 9.17) is 0 Å². The van der Waals surface area contributed by atoms with Gasteiger partial charge in [0.25, 0.3) is 5.91 Å². The lowest BCUT2D eigenvalue weighted by Gasteiger charge is -2.35. The standard InChI is InChI=1S/C14H18N4O/c1-10-7-12(17-11(2)16-10)13(19)18-6-4-5-14(3,8-15)9-18/h7H,4-6,9H2,1-3H3. The van der Waals surface area contributed by atoms with E-state index < -0.39 is 5.41 Å². The topological polar surface area (TPSA) is 69.9 Å². The van der Waals surface area contributed by atoms with Gasteiger partial charge in [-0.15, -0.1) is 0 Å². The molecule has 0 bridgehead atoms. The van der Waals surface area contributed by atoms with Crippen LogP contribution in [0.25, 0.3) is 0 Å². The Balaban J connectivity index is 2.22. The van der Waals surface area contributed by atoms with Crippen molar-refractivity contribution in [1.29, 1.82) is 5.26 Å². The summed E-state index contributed by atoms with van der Waals surface area (Å²) in [6, 6.07) is 4.01. The molecule has 5 heteroatoms. The number of aromatic nitrogens is 2. The first kappa shape index (κ1) is 13.5. The number of hydrogen-bond donors (Lipinski definition) is 0. The fourth-order valence-electron chi connectivity index (χ4n) is 2.49. The number of carbonyl (C=O) groups excluding carboxylic acids is 1. The Hall–Kier alpha value is -1.96. The molecule has 100 valence electrons. The van der Waals surface area contributed by atoms with Crippen LogP contribution in [0.4, 0.5) is 0 Å². The van der Waals surface area contributed by atoms with E-state index in [1.165, 1.54) is 0 Å². The number of likely N-dealkylation sites (tertiary alicyclic amines) is 1. The minimum absolute atomic E-state index is 0.102. The van der Waals surface area contributed by atoms with Crippen molar-refractivity contribution < 1.29 is 4.79 Å². The minimum Gasteiger partial charge on any atom is -0.336 e. The molecule has 0 saturated carbocycles. The zero-order valence-electron chi connectivity index (χ0n) is 11.6. The summed E-state index contributed by atoms with van der Waals surface area (Å²) < 4.78 is 0. The average molecular weight is 258 g/mol. The second-order valence-corrected chi connectivity index (χ2v) is 5.44. The maximum Gasteiger partial charge on any atom is 0.272 e. The zero-order chi connectivity index (χ0) is 14.0. The zero-order valence-corrected chi connectivity index (χ0v) is 11.6. The van der Waals surface area contributed by atoms with Gasteiger partial charge in [-0.05, 0) is 39.7 Å². The Morgan fingerprint density at radius 1 is 1.47 bits per heavy atom. The first-order valence-corrected chi connectivity index (χ1v) is 6.46. The quantitative estimate of drug-likeness (QED) is 0.771. The summed E-state index contributed by atoms with van der Waals surface area (Å²) >= 11 is 0. The molecule has 0 N–H and O–H groups in total. The number of carbonyl (C=O) groups is 1. The van der Waals surface area contributed by atoms with E-state index in [0.717, 1.165) is 18.5 Å². The maximum absolute atomic E-state index is 12.4. The molecule has 0 spiro atoms. The molecule has 1 aliphatic heterocycles. The Morgan fingerprint density at radius 2 is 2.21 bits per heavy atom. The maximum atomic E-state index is 12.4. The van der Waals surface area contributed by atoms with Crippen LogP contribution >= 0.6 is 0 Å². The van der Waals surface area contributed by atoms with E-state index in [1.54, 1.807) is 17.9 Å². The Morgan fingerprint density at radius 3 is 2.84 bits per heavy atom. The molecule has 0 aliphatic carbocycles. The number of piperidine rings is 1. The van der Waals surface area contributed by atoms with E-state index in [2.05, 4.69) is 16.0 Å². The smallest absolute Gasteiger partial charge is 0.272 e. The highest BCUT2D eigenvalue weighted by molar-refractivity contribution is 5.92. The third kappa shape index (κ3) is 2.90. The van der Waals surface area contributed by atoms with Gasteiger partial charge in [-0.25, -0.2) is 9.97 Å². The van der Waals surface area contributed by atoms with E-state index in [9.17, 15) is 10.1 Å². The van der Waals surface area contributed by atoms with Gasteiger partial charge in [-0.2, -0.15) is 5.26 Å². The first-order valence-electron chi connectivity index (χ1n) is 6.46. The fourth-order valence-corrected chi connectivity index (χ4v) is 2.49. The van der Waals surface area contributed by atoms with Gasteiger partial charge < -0.3 is 4.90 Å². The molecule has 5 nitrogen and oxygen atoms in total. The molecule has 19 heavy (non-hydrogen) atoms. The Kier molecular flexibility index (Phi) is 3.52. The van der Waals surface area contributed by atoms with Crippen LogP contribution in [0.3, 0.4) is 0 Å². The highest BCUT2D eigenvalue weighted by atomic mass is 16.2. The van der Waals surface area contributed by atoms with E-state index in [1.807, 2.05) is 13.8 Å². The van der Waals surface area contributed by atoms with Crippen LogP contribution in [-0.4, -0.2) is 33.9 Å². The summed E-state index contributed by atoms with van der Waals surface area (Å²) in [5.74, 6) is 0.498. The van der Waals surface area contributed by atoms with Crippen LogP contribution in [0.15, 0.2) is 6.07 Å². The van der Waals surface area contributed by atoms with Crippen molar-refractivity contribution in [2.45, 2.75) is 33.6 Å². The lowest BCUT2D eigenvalue weighted by atomic mass is 9.83. The van der Waals surface area contributed by atoms with Crippen LogP contribution < -0.4 is 0 Å². The van der Waals surface area contributed by atoms with Crippen LogP contribution in [0.5, 0.6) is 0 Å². The third-order valence-electron chi connectivity index (χ3n) is 3.44. The molecule has 2 rings (SSSR count). The van der Waals surface area contributed by atoms with Crippen molar-refractivity contribution in [2.24, 2.45) is 5.41 Å². The molecule has 1 aromatic rings. The molecule has 1 fully saturated rings. The molecule has 1 atom stereocenters. The lowest BCUT2D eigenvalue weighted by Crippen LogP contribution is -2.44. The SMILES string of the molecule is Cc1cc(C(=O)N2CCCC(C)(C#N)C2)nc(C)n1. The Labute approximate surface area is 113 Å². The number of nitrogens with zero attached hydrogens (tertiary/aromatic N) is 4. The van der Waals surface area contributed by atoms with Crippen molar-refractivity contribution in [3.05, 3.63) is 23.3 Å². The van der Waals surface area contributed by atoms with Gasteiger partial charge in [-0.3, -0.25) is 4.79 Å². The lowest BCUT2D eigenvalue weighted by molar-refractivity contribution is 0.0623. The normalized spacial score (nSPS) is 22.9. The molecule has 0 radical (unpaired) electrons. The van der Waals surface area contributed by atoms with E-state index in [-0.39, 0.29) is 5.91 Å². The largest absolute Gasteiger partial charge is 0.336 e. The summed E-state index contributed by atoms with van der Waals surface area (Å²) in [5.41, 5.74) is 0.772. The van der Waals surface area contributed by atoms with Crippen molar-refractivity contribution in [3.63, 3.8) is 0 Å². The fraction of sp³-hybridized carbons (Fsp3) is 0.571. The number of aryl methyl sites for hydroxylation is 2. The third-order valence-corrected chi connectivity index (χ3v) is 3.44. The molecule has 1 saturated heterocycles. The predicted octanol–water partition coefficient (Wildman–Crippen LogP) is 1.86. The number of amides is 1. The van der Waals surface area contributed by atoms with Gasteiger partial charge in [-0.1, -0.05) is 0 Å². The number of nitriles is 1. The predicted molar refractivity (Wildman–Crippen MR) is 70.4 cm³/mol. The van der Waals surface area contributed by atoms with Crippen molar-refractivity contribution in [1.82, 2.24) is 14.9 Å². The van der Waals surface area contributed by atoms with Crippen LogP contribution in [0.1, 0.15) is 41.8 Å². The summed E-state index contributed by atoms with van der Waals surface area (Å²) in [5, 5.41) is 9.20. The second kappa shape index (κ2) is 4.96.